The molecule has 1 fully saturated rings. The summed E-state index contributed by atoms with van der Waals surface area (Å²) in [6, 6.07) is 0. The first-order valence-corrected chi connectivity index (χ1v) is 4.60. The zero-order chi connectivity index (χ0) is 9.03. The van der Waals surface area contributed by atoms with Crippen molar-refractivity contribution in [2.24, 2.45) is 11.1 Å². The fourth-order valence-corrected chi connectivity index (χ4v) is 2.08. The quantitative estimate of drug-likeness (QED) is 0.683. The Balaban J connectivity index is 0. The summed E-state index contributed by atoms with van der Waals surface area (Å²) in [7, 11) is 0. The van der Waals surface area contributed by atoms with Crippen molar-refractivity contribution in [3.63, 3.8) is 0 Å². The summed E-state index contributed by atoms with van der Waals surface area (Å²) in [5, 5.41) is 8.71. The van der Waals surface area contributed by atoms with Crippen molar-refractivity contribution in [2.45, 2.75) is 38.5 Å². The van der Waals surface area contributed by atoms with Gasteiger partial charge in [-0.25, -0.2) is 0 Å². The highest BCUT2D eigenvalue weighted by Gasteiger charge is 2.32. The fraction of sp³-hybridized carbons (Fsp3) is 0.889. The molecule has 0 aromatic heterocycles. The van der Waals surface area contributed by atoms with Crippen molar-refractivity contribution in [3.05, 3.63) is 0 Å². The third kappa shape index (κ3) is 4.26. The first-order chi connectivity index (χ1) is 5.68. The Labute approximate surface area is 91.2 Å². The van der Waals surface area contributed by atoms with Crippen molar-refractivity contribution in [2.75, 3.05) is 6.54 Å². The lowest BCUT2D eigenvalue weighted by molar-refractivity contribution is -0.140. The van der Waals surface area contributed by atoms with Gasteiger partial charge in [-0.3, -0.25) is 4.79 Å². The molecule has 0 radical (unpaired) electrons. The van der Waals surface area contributed by atoms with E-state index >= 15 is 0 Å². The average molecular weight is 225 g/mol. The van der Waals surface area contributed by atoms with E-state index in [1.165, 1.54) is 6.42 Å². The molecule has 1 rings (SSSR count). The molecule has 1 saturated carbocycles. The van der Waals surface area contributed by atoms with E-state index in [0.29, 0.717) is 6.54 Å². The van der Waals surface area contributed by atoms with E-state index in [-0.39, 0.29) is 30.4 Å². The fourth-order valence-electron chi connectivity index (χ4n) is 2.08. The average Bonchev–Trinajstić information content (AvgIpc) is 2.05. The number of aliphatic carboxylic acids is 1. The molecule has 5 heteroatoms. The lowest BCUT2D eigenvalue weighted by atomic mass is 9.72. The van der Waals surface area contributed by atoms with Crippen LogP contribution in [0.5, 0.6) is 0 Å². The van der Waals surface area contributed by atoms with Crippen LogP contribution in [0.15, 0.2) is 0 Å². The highest BCUT2D eigenvalue weighted by atomic mass is 35.5. The summed E-state index contributed by atoms with van der Waals surface area (Å²) in [6.07, 6.45) is 5.77. The summed E-state index contributed by atoms with van der Waals surface area (Å²) in [5.41, 5.74) is 5.54. The third-order valence-corrected chi connectivity index (χ3v) is 2.87. The smallest absolute Gasteiger partial charge is 0.303 e. The highest BCUT2D eigenvalue weighted by molar-refractivity contribution is 5.85. The Bertz CT molecular complexity index is 170. The van der Waals surface area contributed by atoms with E-state index < -0.39 is 5.97 Å². The first-order valence-electron chi connectivity index (χ1n) is 4.60. The topological polar surface area (TPSA) is 98.3 Å². The second-order valence-electron chi connectivity index (χ2n) is 3.84. The lowest BCUT2D eigenvalue weighted by Crippen LogP contribution is -2.34. The SMILES string of the molecule is Cl.N.NCC1(CC(=O)O)CCCCC1. The maximum atomic E-state index is 10.6. The van der Waals surface area contributed by atoms with Crippen LogP contribution in [0.25, 0.3) is 0 Å². The van der Waals surface area contributed by atoms with Crippen LogP contribution in [-0.2, 0) is 4.79 Å². The van der Waals surface area contributed by atoms with Crippen LogP contribution < -0.4 is 11.9 Å². The molecule has 4 nitrogen and oxygen atoms in total. The van der Waals surface area contributed by atoms with Gasteiger partial charge in [-0.15, -0.1) is 12.4 Å². The molecule has 0 unspecified atom stereocenters. The van der Waals surface area contributed by atoms with Crippen LogP contribution in [0.4, 0.5) is 0 Å². The molecule has 1 aliphatic carbocycles. The van der Waals surface area contributed by atoms with Crippen LogP contribution in [0, 0.1) is 5.41 Å². The largest absolute Gasteiger partial charge is 0.481 e. The van der Waals surface area contributed by atoms with Gasteiger partial charge in [0.05, 0.1) is 6.42 Å². The summed E-state index contributed by atoms with van der Waals surface area (Å²) < 4.78 is 0. The first kappa shape index (κ1) is 16.1. The molecule has 0 spiro atoms. The monoisotopic (exact) mass is 224 g/mol. The number of hydrogen-bond acceptors (Lipinski definition) is 3. The Hall–Kier alpha value is -0.320. The molecule has 0 aromatic carbocycles. The molecule has 0 amide bonds. The van der Waals surface area contributed by atoms with Crippen molar-refractivity contribution in [1.82, 2.24) is 6.15 Å². The molecular weight excluding hydrogens is 204 g/mol. The van der Waals surface area contributed by atoms with Gasteiger partial charge in [0, 0.05) is 0 Å². The second-order valence-corrected chi connectivity index (χ2v) is 3.84. The van der Waals surface area contributed by atoms with Crippen LogP contribution in [0.3, 0.4) is 0 Å². The van der Waals surface area contributed by atoms with Crippen molar-refractivity contribution in [1.29, 1.82) is 0 Å². The third-order valence-electron chi connectivity index (χ3n) is 2.87. The number of nitrogens with two attached hydrogens (primary N) is 1. The second kappa shape index (κ2) is 7.04. The molecular formula is C9H21ClN2O2. The molecule has 0 aliphatic heterocycles. The van der Waals surface area contributed by atoms with E-state index in [2.05, 4.69) is 0 Å². The van der Waals surface area contributed by atoms with Gasteiger partial charge in [-0.1, -0.05) is 19.3 Å². The van der Waals surface area contributed by atoms with Crippen molar-refractivity contribution >= 4 is 18.4 Å². The van der Waals surface area contributed by atoms with Crippen LogP contribution in [0.2, 0.25) is 0 Å². The van der Waals surface area contributed by atoms with Gasteiger partial charge in [-0.2, -0.15) is 0 Å². The number of carbonyl (C=O) groups is 1. The predicted molar refractivity (Wildman–Crippen MR) is 59.1 cm³/mol. The van der Waals surface area contributed by atoms with Gasteiger partial charge in [0.25, 0.3) is 0 Å². The summed E-state index contributed by atoms with van der Waals surface area (Å²) in [4.78, 5) is 10.6. The Morgan fingerprint density at radius 1 is 1.29 bits per heavy atom. The minimum atomic E-state index is -0.706. The number of carboxylic acids is 1. The van der Waals surface area contributed by atoms with Gasteiger partial charge >= 0.3 is 5.97 Å². The highest BCUT2D eigenvalue weighted by Crippen LogP contribution is 2.38. The molecule has 0 atom stereocenters. The van der Waals surface area contributed by atoms with Crippen LogP contribution in [-0.4, -0.2) is 17.6 Å². The maximum Gasteiger partial charge on any atom is 0.303 e. The van der Waals surface area contributed by atoms with Crippen molar-refractivity contribution in [3.8, 4) is 0 Å². The van der Waals surface area contributed by atoms with Crippen LogP contribution in [0.1, 0.15) is 38.5 Å². The molecule has 1 aliphatic rings. The van der Waals surface area contributed by atoms with Gasteiger partial charge in [0.2, 0.25) is 0 Å². The number of carboxylic acid groups (broad SMARTS) is 1. The standard InChI is InChI=1S/C9H17NO2.ClH.H3N/c10-7-9(6-8(11)12)4-2-1-3-5-9;;/h1-7,10H2,(H,11,12);1H;1H3. The Kier molecular flexibility index (Phi) is 8.10. The van der Waals surface area contributed by atoms with E-state index in [1.54, 1.807) is 0 Å². The normalized spacial score (nSPS) is 18.9. The van der Waals surface area contributed by atoms with E-state index in [4.69, 9.17) is 10.8 Å². The van der Waals surface area contributed by atoms with E-state index in [1.807, 2.05) is 0 Å². The number of rotatable bonds is 3. The minimum absolute atomic E-state index is 0. The lowest BCUT2D eigenvalue weighted by Gasteiger charge is -2.34. The van der Waals surface area contributed by atoms with Gasteiger partial charge in [-0.05, 0) is 24.8 Å². The van der Waals surface area contributed by atoms with Crippen LogP contribution >= 0.6 is 12.4 Å². The van der Waals surface area contributed by atoms with E-state index in [0.717, 1.165) is 25.7 Å². The zero-order valence-corrected chi connectivity index (χ0v) is 9.31. The Morgan fingerprint density at radius 3 is 2.14 bits per heavy atom. The van der Waals surface area contributed by atoms with Gasteiger partial charge < -0.3 is 17.0 Å². The summed E-state index contributed by atoms with van der Waals surface area (Å²) >= 11 is 0. The molecule has 0 saturated heterocycles. The minimum Gasteiger partial charge on any atom is -0.481 e. The molecule has 6 N–H and O–H groups in total. The zero-order valence-electron chi connectivity index (χ0n) is 8.50. The van der Waals surface area contributed by atoms with Gasteiger partial charge in [0.15, 0.2) is 0 Å². The van der Waals surface area contributed by atoms with Crippen molar-refractivity contribution < 1.29 is 9.90 Å². The molecule has 86 valence electrons. The molecule has 0 heterocycles. The van der Waals surface area contributed by atoms with E-state index in [9.17, 15) is 4.79 Å². The molecule has 0 aromatic rings. The Morgan fingerprint density at radius 2 is 1.79 bits per heavy atom. The summed E-state index contributed by atoms with van der Waals surface area (Å²) in [6.45, 7) is 0.527. The number of hydrogen-bond donors (Lipinski definition) is 3. The summed E-state index contributed by atoms with van der Waals surface area (Å²) in [5.74, 6) is -0.706. The van der Waals surface area contributed by atoms with Gasteiger partial charge in [0.1, 0.15) is 0 Å². The maximum absolute atomic E-state index is 10.6. The predicted octanol–water partition coefficient (Wildman–Crippen LogP) is 1.95. The molecule has 14 heavy (non-hydrogen) atoms. The molecule has 0 bridgehead atoms. The number of halogens is 1.